The molecule has 21 heavy (non-hydrogen) atoms. The molecule has 0 unspecified atom stereocenters. The first-order valence-corrected chi connectivity index (χ1v) is 8.11. The molecular weight excluding hydrogens is 304 g/mol. The van der Waals surface area contributed by atoms with Gasteiger partial charge in [-0.15, -0.1) is 11.3 Å². The molecule has 0 bridgehead atoms. The molecule has 0 aliphatic rings. The van der Waals surface area contributed by atoms with Gasteiger partial charge in [-0.1, -0.05) is 54.2 Å². The van der Waals surface area contributed by atoms with Gasteiger partial charge in [-0.3, -0.25) is 10.1 Å². The van der Waals surface area contributed by atoms with Crippen LogP contribution in [0.25, 0.3) is 10.2 Å². The van der Waals surface area contributed by atoms with E-state index in [-0.39, 0.29) is 16.7 Å². The molecule has 1 atom stereocenters. The first kappa shape index (κ1) is 14.0. The summed E-state index contributed by atoms with van der Waals surface area (Å²) in [7, 11) is 0. The summed E-state index contributed by atoms with van der Waals surface area (Å²) in [5, 5.41) is 10.7. The minimum absolute atomic E-state index is 0.107. The highest BCUT2D eigenvalue weighted by molar-refractivity contribution is 8.01. The third-order valence-corrected chi connectivity index (χ3v) is 5.37. The van der Waals surface area contributed by atoms with Crippen molar-refractivity contribution in [2.75, 3.05) is 6.54 Å². The van der Waals surface area contributed by atoms with Gasteiger partial charge in [0, 0.05) is 4.92 Å². The Kier molecular flexibility index (Phi) is 4.17. The zero-order valence-electron chi connectivity index (χ0n) is 11.0. The summed E-state index contributed by atoms with van der Waals surface area (Å²) < 4.78 is 1.97. The van der Waals surface area contributed by atoms with Crippen molar-refractivity contribution >= 4 is 33.3 Å². The van der Waals surface area contributed by atoms with Crippen molar-refractivity contribution in [1.82, 2.24) is 4.98 Å². The number of nitrogens with zero attached hydrogens (tertiary/aromatic N) is 2. The number of thiazole rings is 1. The number of rotatable bonds is 5. The molecule has 0 aliphatic heterocycles. The topological polar surface area (TPSA) is 56.0 Å². The lowest BCUT2D eigenvalue weighted by Crippen LogP contribution is -2.09. The lowest BCUT2D eigenvalue weighted by molar-refractivity contribution is -0.479. The second kappa shape index (κ2) is 6.24. The smallest absolute Gasteiger partial charge is 0.220 e. The van der Waals surface area contributed by atoms with E-state index in [9.17, 15) is 10.1 Å². The third-order valence-electron chi connectivity index (χ3n) is 3.00. The van der Waals surface area contributed by atoms with Crippen LogP contribution in [-0.4, -0.2) is 16.5 Å². The van der Waals surface area contributed by atoms with Crippen LogP contribution in [-0.2, 0) is 0 Å². The van der Waals surface area contributed by atoms with Crippen LogP contribution in [0.1, 0.15) is 10.8 Å². The molecule has 0 spiro atoms. The van der Waals surface area contributed by atoms with E-state index in [1.807, 2.05) is 54.6 Å². The van der Waals surface area contributed by atoms with Gasteiger partial charge in [0.15, 0.2) is 4.34 Å². The summed E-state index contributed by atoms with van der Waals surface area (Å²) in [5.74, 6) is 0. The molecule has 0 radical (unpaired) electrons. The van der Waals surface area contributed by atoms with Gasteiger partial charge >= 0.3 is 0 Å². The highest BCUT2D eigenvalue weighted by atomic mass is 32.2. The number of fused-ring (bicyclic) bond motifs is 1. The van der Waals surface area contributed by atoms with Crippen LogP contribution in [0.3, 0.4) is 0 Å². The molecule has 3 aromatic rings. The Balaban J connectivity index is 1.88. The van der Waals surface area contributed by atoms with E-state index in [1.165, 1.54) is 11.8 Å². The number of hydrogen-bond acceptors (Lipinski definition) is 5. The van der Waals surface area contributed by atoms with Gasteiger partial charge in [-0.05, 0) is 17.7 Å². The fraction of sp³-hybridized carbons (Fsp3) is 0.133. The van der Waals surface area contributed by atoms with Gasteiger partial charge in [0.1, 0.15) is 5.25 Å². The first-order valence-electron chi connectivity index (χ1n) is 6.41. The van der Waals surface area contributed by atoms with Crippen molar-refractivity contribution in [3.63, 3.8) is 0 Å². The van der Waals surface area contributed by atoms with Crippen LogP contribution in [0.4, 0.5) is 0 Å². The van der Waals surface area contributed by atoms with Crippen molar-refractivity contribution in [2.24, 2.45) is 0 Å². The highest BCUT2D eigenvalue weighted by Crippen LogP contribution is 2.39. The average molecular weight is 316 g/mol. The Labute approximate surface area is 130 Å². The van der Waals surface area contributed by atoms with Crippen LogP contribution in [0.5, 0.6) is 0 Å². The fourth-order valence-electron chi connectivity index (χ4n) is 2.04. The normalized spacial score (nSPS) is 12.4. The van der Waals surface area contributed by atoms with Gasteiger partial charge < -0.3 is 0 Å². The summed E-state index contributed by atoms with van der Waals surface area (Å²) in [5.41, 5.74) is 1.90. The number of hydrogen-bond donors (Lipinski definition) is 0. The molecule has 0 fully saturated rings. The van der Waals surface area contributed by atoms with Crippen molar-refractivity contribution in [3.05, 3.63) is 70.3 Å². The molecule has 0 N–H and O–H groups in total. The predicted octanol–water partition coefficient (Wildman–Crippen LogP) is 4.41. The second-order valence-electron chi connectivity index (χ2n) is 4.48. The molecular formula is C15H12N2O2S2. The van der Waals surface area contributed by atoms with Crippen molar-refractivity contribution in [3.8, 4) is 0 Å². The van der Waals surface area contributed by atoms with E-state index in [0.29, 0.717) is 0 Å². The highest BCUT2D eigenvalue weighted by Gasteiger charge is 2.21. The Bertz CT molecular complexity index is 725. The molecule has 0 saturated heterocycles. The van der Waals surface area contributed by atoms with Crippen molar-refractivity contribution in [1.29, 1.82) is 0 Å². The van der Waals surface area contributed by atoms with Crippen LogP contribution in [0.15, 0.2) is 58.9 Å². The number of benzene rings is 2. The molecule has 0 amide bonds. The van der Waals surface area contributed by atoms with E-state index in [2.05, 4.69) is 4.98 Å². The maximum Gasteiger partial charge on any atom is 0.220 e. The minimum Gasteiger partial charge on any atom is -0.264 e. The number of aromatic nitrogens is 1. The van der Waals surface area contributed by atoms with Gasteiger partial charge in [0.05, 0.1) is 10.2 Å². The Morgan fingerprint density at radius 1 is 1.14 bits per heavy atom. The zero-order chi connectivity index (χ0) is 14.7. The molecule has 4 nitrogen and oxygen atoms in total. The third kappa shape index (κ3) is 3.40. The van der Waals surface area contributed by atoms with Gasteiger partial charge in [0.2, 0.25) is 6.54 Å². The van der Waals surface area contributed by atoms with E-state index >= 15 is 0 Å². The molecule has 106 valence electrons. The average Bonchev–Trinajstić information content (AvgIpc) is 2.89. The Morgan fingerprint density at radius 3 is 2.57 bits per heavy atom. The lowest BCUT2D eigenvalue weighted by atomic mass is 10.1. The largest absolute Gasteiger partial charge is 0.264 e. The molecule has 6 heteroatoms. The summed E-state index contributed by atoms with van der Waals surface area (Å²) >= 11 is 3.04. The van der Waals surface area contributed by atoms with Crippen molar-refractivity contribution in [2.45, 2.75) is 9.59 Å². The van der Waals surface area contributed by atoms with Crippen LogP contribution in [0, 0.1) is 10.1 Å². The Hall–Kier alpha value is -1.92. The van der Waals surface area contributed by atoms with E-state index in [1.54, 1.807) is 11.3 Å². The monoisotopic (exact) mass is 316 g/mol. The van der Waals surface area contributed by atoms with Gasteiger partial charge in [0.25, 0.3) is 0 Å². The standard InChI is InChI=1S/C15H12N2O2S2/c18-17(19)10-14(11-6-2-1-3-7-11)21-15-16-12-8-4-5-9-13(12)20-15/h1-9,14H,10H2/t14-/m0/s1. The molecule has 1 aromatic heterocycles. The maximum absolute atomic E-state index is 10.9. The summed E-state index contributed by atoms with van der Waals surface area (Å²) in [4.78, 5) is 15.2. The fourth-order valence-corrected chi connectivity index (χ4v) is 4.43. The van der Waals surface area contributed by atoms with Crippen molar-refractivity contribution < 1.29 is 4.92 Å². The maximum atomic E-state index is 10.9. The summed E-state index contributed by atoms with van der Waals surface area (Å²) in [6, 6.07) is 17.5. The van der Waals surface area contributed by atoms with E-state index in [4.69, 9.17) is 0 Å². The predicted molar refractivity (Wildman–Crippen MR) is 86.5 cm³/mol. The van der Waals surface area contributed by atoms with E-state index < -0.39 is 0 Å². The molecule has 0 saturated carbocycles. The number of para-hydroxylation sites is 1. The van der Waals surface area contributed by atoms with Crippen LogP contribution in [0.2, 0.25) is 0 Å². The summed E-state index contributed by atoms with van der Waals surface area (Å²) in [6.07, 6.45) is 0. The lowest BCUT2D eigenvalue weighted by Gasteiger charge is -2.10. The first-order chi connectivity index (χ1) is 10.2. The molecule has 3 rings (SSSR count). The second-order valence-corrected chi connectivity index (χ2v) is 6.96. The molecule has 1 heterocycles. The minimum atomic E-state index is -0.266. The zero-order valence-corrected chi connectivity index (χ0v) is 12.6. The van der Waals surface area contributed by atoms with E-state index in [0.717, 1.165) is 20.1 Å². The number of nitro groups is 1. The van der Waals surface area contributed by atoms with Crippen LogP contribution >= 0.6 is 23.1 Å². The molecule has 2 aromatic carbocycles. The SMILES string of the molecule is O=[N+]([O-])C[C@H](Sc1nc2ccccc2s1)c1ccccc1. The van der Waals surface area contributed by atoms with Crippen LogP contribution < -0.4 is 0 Å². The Morgan fingerprint density at radius 2 is 1.86 bits per heavy atom. The summed E-state index contributed by atoms with van der Waals surface area (Å²) in [6.45, 7) is -0.107. The molecule has 0 aliphatic carbocycles. The quantitative estimate of drug-likeness (QED) is 0.397. The number of thioether (sulfide) groups is 1. The van der Waals surface area contributed by atoms with Gasteiger partial charge in [-0.25, -0.2) is 4.98 Å². The van der Waals surface area contributed by atoms with Gasteiger partial charge in [-0.2, -0.15) is 0 Å².